The van der Waals surface area contributed by atoms with E-state index in [9.17, 15) is 4.39 Å². The van der Waals surface area contributed by atoms with Crippen LogP contribution in [0.2, 0.25) is 0 Å². The quantitative estimate of drug-likeness (QED) is 0.488. The average Bonchev–Trinajstić information content (AvgIpc) is 3.35. The molecule has 0 saturated heterocycles. The predicted molar refractivity (Wildman–Crippen MR) is 105 cm³/mol. The number of nitrogens with zero attached hydrogens (tertiary/aromatic N) is 5. The van der Waals surface area contributed by atoms with Crippen LogP contribution in [-0.4, -0.2) is 24.3 Å². The van der Waals surface area contributed by atoms with Crippen LogP contribution in [0.15, 0.2) is 77.9 Å². The lowest BCUT2D eigenvalue weighted by atomic mass is 10.1. The molecule has 4 heterocycles. The Hall–Kier alpha value is -4.07. The number of aromatic nitrogens is 5. The van der Waals surface area contributed by atoms with Crippen molar-refractivity contribution in [3.8, 4) is 22.6 Å². The summed E-state index contributed by atoms with van der Waals surface area (Å²) in [6.07, 6.45) is 8.53. The second-order valence-electron chi connectivity index (χ2n) is 6.35. The normalized spacial score (nSPS) is 11.1. The Bertz CT molecular complexity index is 1260. The van der Waals surface area contributed by atoms with Gasteiger partial charge >= 0.3 is 5.84 Å². The van der Waals surface area contributed by atoms with Gasteiger partial charge in [-0.25, -0.2) is 14.4 Å². The summed E-state index contributed by atoms with van der Waals surface area (Å²) in [4.78, 5) is 17.6. The van der Waals surface area contributed by atoms with Crippen molar-refractivity contribution in [1.82, 2.24) is 24.3 Å². The molecule has 0 radical (unpaired) electrons. The molecule has 0 aliphatic carbocycles. The SMILES string of the molecule is Fc1ccc(-c2nc3occn3c2-c2ccnc(NCc3cccnc3)n2)cc1. The van der Waals surface area contributed by atoms with Gasteiger partial charge in [-0.15, -0.1) is 0 Å². The Kier molecular flexibility index (Phi) is 4.21. The highest BCUT2D eigenvalue weighted by molar-refractivity contribution is 5.79. The minimum atomic E-state index is -0.304. The maximum absolute atomic E-state index is 13.4. The highest BCUT2D eigenvalue weighted by Gasteiger charge is 2.19. The van der Waals surface area contributed by atoms with Gasteiger partial charge in [-0.05, 0) is 42.0 Å². The fourth-order valence-electron chi connectivity index (χ4n) is 3.10. The lowest BCUT2D eigenvalue weighted by molar-refractivity contribution is 0.596. The number of rotatable bonds is 5. The summed E-state index contributed by atoms with van der Waals surface area (Å²) >= 11 is 0. The second kappa shape index (κ2) is 7.16. The summed E-state index contributed by atoms with van der Waals surface area (Å²) < 4.78 is 20.6. The van der Waals surface area contributed by atoms with Gasteiger partial charge < -0.3 is 9.73 Å². The van der Waals surface area contributed by atoms with Crippen molar-refractivity contribution in [3.63, 3.8) is 0 Å². The van der Waals surface area contributed by atoms with E-state index in [1.54, 1.807) is 49.2 Å². The Morgan fingerprint density at radius 1 is 1.03 bits per heavy atom. The van der Waals surface area contributed by atoms with Crippen molar-refractivity contribution in [1.29, 1.82) is 0 Å². The molecule has 4 aromatic heterocycles. The number of fused-ring (bicyclic) bond motifs is 1. The van der Waals surface area contributed by atoms with Gasteiger partial charge in [0.15, 0.2) is 0 Å². The van der Waals surface area contributed by atoms with E-state index in [1.165, 1.54) is 12.1 Å². The Balaban J connectivity index is 1.54. The number of pyridine rings is 1. The van der Waals surface area contributed by atoms with Gasteiger partial charge in [0, 0.05) is 36.9 Å². The lowest BCUT2D eigenvalue weighted by Crippen LogP contribution is -2.04. The summed E-state index contributed by atoms with van der Waals surface area (Å²) in [5, 5.41) is 3.21. The third-order valence-corrected chi connectivity index (χ3v) is 4.45. The molecule has 0 fully saturated rings. The van der Waals surface area contributed by atoms with Gasteiger partial charge in [0.25, 0.3) is 0 Å². The number of halogens is 1. The molecule has 0 aliphatic heterocycles. The maximum Gasteiger partial charge on any atom is 0.306 e. The van der Waals surface area contributed by atoms with Gasteiger partial charge in [0.1, 0.15) is 23.5 Å². The molecule has 7 nitrogen and oxygen atoms in total. The summed E-state index contributed by atoms with van der Waals surface area (Å²) in [7, 11) is 0. The molecule has 5 rings (SSSR count). The van der Waals surface area contributed by atoms with E-state index in [0.29, 0.717) is 29.7 Å². The topological polar surface area (TPSA) is 81.1 Å². The van der Waals surface area contributed by atoms with Crippen LogP contribution in [-0.2, 0) is 6.54 Å². The summed E-state index contributed by atoms with van der Waals surface area (Å²) in [5.41, 5.74) is 3.86. The van der Waals surface area contributed by atoms with Crippen LogP contribution in [0.1, 0.15) is 5.56 Å². The first kappa shape index (κ1) is 17.1. The molecule has 1 aromatic carbocycles. The number of oxazole rings is 1. The second-order valence-corrected chi connectivity index (χ2v) is 6.35. The van der Waals surface area contributed by atoms with Gasteiger partial charge in [-0.2, -0.15) is 4.98 Å². The minimum Gasteiger partial charge on any atom is -0.432 e. The molecule has 0 aliphatic rings. The first-order chi connectivity index (χ1) is 14.3. The van der Waals surface area contributed by atoms with Gasteiger partial charge in [-0.1, -0.05) is 6.07 Å². The van der Waals surface area contributed by atoms with E-state index >= 15 is 0 Å². The molecular weight excluding hydrogens is 371 g/mol. The van der Waals surface area contributed by atoms with Crippen molar-refractivity contribution in [2.24, 2.45) is 0 Å². The van der Waals surface area contributed by atoms with Gasteiger partial charge in [0.05, 0.1) is 5.69 Å². The molecular formula is C21H15FN6O. The number of anilines is 1. The van der Waals surface area contributed by atoms with Crippen molar-refractivity contribution < 1.29 is 8.81 Å². The molecule has 29 heavy (non-hydrogen) atoms. The zero-order valence-corrected chi connectivity index (χ0v) is 15.2. The van der Waals surface area contributed by atoms with E-state index in [4.69, 9.17) is 4.42 Å². The molecule has 0 spiro atoms. The standard InChI is InChI=1S/C21H15FN6O/c22-16-5-3-15(4-6-16)18-19(28-10-11-29-21(28)27-18)17-7-9-24-20(26-17)25-13-14-2-1-8-23-12-14/h1-12H,13H2,(H,24,25,26). The minimum absolute atomic E-state index is 0.304. The van der Waals surface area contributed by atoms with Gasteiger partial charge in [-0.3, -0.25) is 9.38 Å². The van der Waals surface area contributed by atoms with Crippen LogP contribution in [0.25, 0.3) is 28.5 Å². The van der Waals surface area contributed by atoms with Gasteiger partial charge in [0.2, 0.25) is 5.95 Å². The van der Waals surface area contributed by atoms with Crippen molar-refractivity contribution in [2.75, 3.05) is 5.32 Å². The number of benzene rings is 1. The third-order valence-electron chi connectivity index (χ3n) is 4.45. The Labute approximate surface area is 164 Å². The number of nitrogens with one attached hydrogen (secondary N) is 1. The highest BCUT2D eigenvalue weighted by Crippen LogP contribution is 2.32. The molecule has 0 atom stereocenters. The summed E-state index contributed by atoms with van der Waals surface area (Å²) in [5.74, 6) is 0.611. The van der Waals surface area contributed by atoms with Crippen LogP contribution < -0.4 is 5.32 Å². The summed E-state index contributed by atoms with van der Waals surface area (Å²) in [6, 6.07) is 11.8. The van der Waals surface area contributed by atoms with Crippen LogP contribution in [0.4, 0.5) is 10.3 Å². The smallest absolute Gasteiger partial charge is 0.306 e. The van der Waals surface area contributed by atoms with Crippen molar-refractivity contribution in [3.05, 3.63) is 84.9 Å². The highest BCUT2D eigenvalue weighted by atomic mass is 19.1. The van der Waals surface area contributed by atoms with Crippen LogP contribution in [0.5, 0.6) is 0 Å². The number of hydrogen-bond donors (Lipinski definition) is 1. The number of hydrogen-bond acceptors (Lipinski definition) is 6. The van der Waals surface area contributed by atoms with Crippen LogP contribution >= 0.6 is 0 Å². The predicted octanol–water partition coefficient (Wildman–Crippen LogP) is 4.20. The van der Waals surface area contributed by atoms with Crippen LogP contribution in [0, 0.1) is 5.82 Å². The molecule has 0 bridgehead atoms. The monoisotopic (exact) mass is 386 g/mol. The Morgan fingerprint density at radius 2 is 1.93 bits per heavy atom. The zero-order chi connectivity index (χ0) is 19.6. The molecule has 0 saturated carbocycles. The summed E-state index contributed by atoms with van der Waals surface area (Å²) in [6.45, 7) is 0.551. The first-order valence-corrected chi connectivity index (χ1v) is 8.95. The van der Waals surface area contributed by atoms with E-state index in [2.05, 4.69) is 25.3 Å². The molecule has 8 heteroatoms. The molecule has 1 N–H and O–H groups in total. The van der Waals surface area contributed by atoms with E-state index in [-0.39, 0.29) is 5.82 Å². The van der Waals surface area contributed by atoms with E-state index in [0.717, 1.165) is 16.8 Å². The van der Waals surface area contributed by atoms with Crippen molar-refractivity contribution >= 4 is 11.8 Å². The fraction of sp³-hybridized carbons (Fsp3) is 0.0476. The fourth-order valence-corrected chi connectivity index (χ4v) is 3.10. The van der Waals surface area contributed by atoms with Crippen LogP contribution in [0.3, 0.4) is 0 Å². The number of imidazole rings is 1. The third kappa shape index (κ3) is 3.31. The zero-order valence-electron chi connectivity index (χ0n) is 15.2. The maximum atomic E-state index is 13.4. The molecule has 142 valence electrons. The molecule has 5 aromatic rings. The largest absolute Gasteiger partial charge is 0.432 e. The van der Waals surface area contributed by atoms with Crippen molar-refractivity contribution in [2.45, 2.75) is 6.54 Å². The van der Waals surface area contributed by atoms with E-state index in [1.807, 2.05) is 16.5 Å². The Morgan fingerprint density at radius 3 is 2.76 bits per heavy atom. The average molecular weight is 386 g/mol. The molecule has 0 amide bonds. The first-order valence-electron chi connectivity index (χ1n) is 8.95. The molecule has 0 unspecified atom stereocenters. The van der Waals surface area contributed by atoms with E-state index < -0.39 is 0 Å². The lowest BCUT2D eigenvalue weighted by Gasteiger charge is -2.08.